The lowest BCUT2D eigenvalue weighted by Gasteiger charge is -2.07. The molecule has 0 aliphatic carbocycles. The number of nitrogens with zero attached hydrogens (tertiary/aromatic N) is 3. The van der Waals surface area contributed by atoms with E-state index < -0.39 is 0 Å². The molecule has 0 amide bonds. The van der Waals surface area contributed by atoms with Crippen LogP contribution in [0.15, 0.2) is 11.0 Å². The van der Waals surface area contributed by atoms with E-state index in [4.69, 9.17) is 5.73 Å². The van der Waals surface area contributed by atoms with Gasteiger partial charge < -0.3 is 11.1 Å². The molecule has 2 heterocycles. The number of anilines is 2. The molecule has 7 heteroatoms. The summed E-state index contributed by atoms with van der Waals surface area (Å²) < 4.78 is 6.21. The molecule has 0 saturated carbocycles. The average molecular weight is 297 g/mol. The van der Waals surface area contributed by atoms with Gasteiger partial charge >= 0.3 is 0 Å². The third-order valence-corrected chi connectivity index (χ3v) is 4.58. The lowest BCUT2D eigenvalue weighted by Crippen LogP contribution is -2.08. The summed E-state index contributed by atoms with van der Waals surface area (Å²) in [5.74, 6) is 0.624. The number of nitrogens with two attached hydrogens (primary N) is 1. The summed E-state index contributed by atoms with van der Waals surface area (Å²) in [4.78, 5) is 1.05. The maximum Gasteiger partial charge on any atom is 0.153 e. The molecule has 0 aliphatic rings. The fraction of sp³-hybridized carbons (Fsp3) is 0.500. The Bertz CT molecular complexity index is 546. The summed E-state index contributed by atoms with van der Waals surface area (Å²) in [6.07, 6.45) is 3.04. The highest BCUT2D eigenvalue weighted by Crippen LogP contribution is 2.34. The van der Waals surface area contributed by atoms with Crippen LogP contribution in [0.5, 0.6) is 0 Å². The number of thioether (sulfide) groups is 1. The van der Waals surface area contributed by atoms with Gasteiger partial charge in [-0.15, -0.1) is 11.8 Å². The number of aryl methyl sites for hydroxylation is 3. The third-order valence-electron chi connectivity index (χ3n) is 2.81. The molecule has 2 aromatic heterocycles. The zero-order valence-electron chi connectivity index (χ0n) is 11.4. The maximum absolute atomic E-state index is 5.79. The van der Waals surface area contributed by atoms with E-state index in [0.717, 1.165) is 35.1 Å². The Balaban J connectivity index is 1.82. The molecular weight excluding hydrogens is 278 g/mol. The largest absolute Gasteiger partial charge is 0.382 e. The van der Waals surface area contributed by atoms with Gasteiger partial charge in [-0.25, -0.2) is 0 Å². The molecule has 0 atom stereocenters. The highest BCUT2D eigenvalue weighted by atomic mass is 32.2. The van der Waals surface area contributed by atoms with E-state index in [9.17, 15) is 0 Å². The fourth-order valence-corrected chi connectivity index (χ4v) is 3.50. The van der Waals surface area contributed by atoms with Crippen molar-refractivity contribution in [3.8, 4) is 0 Å². The first-order valence-corrected chi connectivity index (χ1v) is 8.15. The van der Waals surface area contributed by atoms with Gasteiger partial charge in [0.1, 0.15) is 5.00 Å². The molecular formula is C12H19N5S2. The van der Waals surface area contributed by atoms with E-state index in [1.54, 1.807) is 11.8 Å². The summed E-state index contributed by atoms with van der Waals surface area (Å²) in [6, 6.07) is 2.10. The first-order chi connectivity index (χ1) is 9.11. The lowest BCUT2D eigenvalue weighted by molar-refractivity contribution is 0.574. The van der Waals surface area contributed by atoms with Crippen LogP contribution in [-0.4, -0.2) is 27.0 Å². The van der Waals surface area contributed by atoms with Crippen LogP contribution in [-0.2, 0) is 6.54 Å². The SMILES string of the molecule is CSc1c(N)nsc1NCCCn1nc(C)cc1C. The molecule has 0 radical (unpaired) electrons. The molecule has 2 aromatic rings. The number of rotatable bonds is 6. The second kappa shape index (κ2) is 6.29. The smallest absolute Gasteiger partial charge is 0.153 e. The van der Waals surface area contributed by atoms with Gasteiger partial charge in [0.2, 0.25) is 0 Å². The minimum absolute atomic E-state index is 0.624. The van der Waals surface area contributed by atoms with E-state index in [2.05, 4.69) is 27.8 Å². The highest BCUT2D eigenvalue weighted by Gasteiger charge is 2.09. The van der Waals surface area contributed by atoms with E-state index in [-0.39, 0.29) is 0 Å². The van der Waals surface area contributed by atoms with Crippen molar-refractivity contribution in [3.05, 3.63) is 17.5 Å². The van der Waals surface area contributed by atoms with Crippen LogP contribution in [0.25, 0.3) is 0 Å². The first kappa shape index (κ1) is 14.2. The van der Waals surface area contributed by atoms with Crippen LogP contribution in [0.2, 0.25) is 0 Å². The fourth-order valence-electron chi connectivity index (χ4n) is 1.94. The van der Waals surface area contributed by atoms with Gasteiger partial charge in [0.05, 0.1) is 10.6 Å². The Morgan fingerprint density at radius 3 is 2.89 bits per heavy atom. The number of aromatic nitrogens is 3. The summed E-state index contributed by atoms with van der Waals surface area (Å²) in [7, 11) is 0. The topological polar surface area (TPSA) is 68.8 Å². The Hall–Kier alpha value is -1.21. The highest BCUT2D eigenvalue weighted by molar-refractivity contribution is 7.99. The summed E-state index contributed by atoms with van der Waals surface area (Å²) in [5.41, 5.74) is 8.08. The molecule has 0 unspecified atom stereocenters. The molecule has 0 fully saturated rings. The third kappa shape index (κ3) is 3.42. The van der Waals surface area contributed by atoms with Crippen molar-refractivity contribution >= 4 is 34.1 Å². The normalized spacial score (nSPS) is 10.9. The van der Waals surface area contributed by atoms with Crippen molar-refractivity contribution in [1.29, 1.82) is 0 Å². The van der Waals surface area contributed by atoms with Crippen LogP contribution >= 0.6 is 23.3 Å². The number of nitrogens with one attached hydrogen (secondary N) is 1. The zero-order valence-corrected chi connectivity index (χ0v) is 13.1. The zero-order chi connectivity index (χ0) is 13.8. The molecule has 104 valence electrons. The van der Waals surface area contributed by atoms with Gasteiger partial charge in [0, 0.05) is 18.8 Å². The van der Waals surface area contributed by atoms with Gasteiger partial charge in [-0.3, -0.25) is 4.68 Å². The number of nitrogen functional groups attached to an aromatic ring is 1. The van der Waals surface area contributed by atoms with Crippen molar-refractivity contribution < 1.29 is 0 Å². The van der Waals surface area contributed by atoms with Crippen molar-refractivity contribution in [3.63, 3.8) is 0 Å². The Morgan fingerprint density at radius 1 is 1.47 bits per heavy atom. The molecule has 0 bridgehead atoms. The molecule has 0 saturated heterocycles. The van der Waals surface area contributed by atoms with Crippen LogP contribution < -0.4 is 11.1 Å². The van der Waals surface area contributed by atoms with Crippen molar-refractivity contribution in [2.75, 3.05) is 23.9 Å². The molecule has 0 spiro atoms. The first-order valence-electron chi connectivity index (χ1n) is 6.16. The molecule has 0 aromatic carbocycles. The van der Waals surface area contributed by atoms with Gasteiger partial charge in [0.25, 0.3) is 0 Å². The van der Waals surface area contributed by atoms with Gasteiger partial charge in [-0.2, -0.15) is 9.47 Å². The summed E-state index contributed by atoms with van der Waals surface area (Å²) >= 11 is 3.06. The lowest BCUT2D eigenvalue weighted by atomic mass is 10.4. The van der Waals surface area contributed by atoms with Crippen molar-refractivity contribution in [1.82, 2.24) is 14.2 Å². The van der Waals surface area contributed by atoms with E-state index in [1.807, 2.05) is 17.9 Å². The Morgan fingerprint density at radius 2 is 2.26 bits per heavy atom. The average Bonchev–Trinajstić information content (AvgIpc) is 2.88. The van der Waals surface area contributed by atoms with Gasteiger partial charge in [-0.1, -0.05) is 0 Å². The van der Waals surface area contributed by atoms with Crippen LogP contribution in [0, 0.1) is 13.8 Å². The predicted molar refractivity (Wildman–Crippen MR) is 83.1 cm³/mol. The monoisotopic (exact) mass is 297 g/mol. The van der Waals surface area contributed by atoms with E-state index >= 15 is 0 Å². The van der Waals surface area contributed by atoms with Crippen molar-refractivity contribution in [2.24, 2.45) is 0 Å². The second-order valence-electron chi connectivity index (χ2n) is 4.36. The molecule has 3 N–H and O–H groups in total. The minimum Gasteiger partial charge on any atom is -0.382 e. The standard InChI is InChI=1S/C12H19N5S2/c1-8-7-9(2)17(15-8)6-4-5-14-12-10(18-3)11(13)16-19-12/h7,14H,4-6H2,1-3H3,(H2,13,16). The minimum atomic E-state index is 0.624. The molecule has 0 aliphatic heterocycles. The van der Waals surface area contributed by atoms with E-state index in [0.29, 0.717) is 5.82 Å². The molecule has 2 rings (SSSR count). The van der Waals surface area contributed by atoms with E-state index in [1.165, 1.54) is 17.2 Å². The number of hydrogen-bond acceptors (Lipinski definition) is 6. The van der Waals surface area contributed by atoms with Crippen molar-refractivity contribution in [2.45, 2.75) is 31.7 Å². The van der Waals surface area contributed by atoms with Crippen LogP contribution in [0.4, 0.5) is 10.8 Å². The van der Waals surface area contributed by atoms with Crippen LogP contribution in [0.3, 0.4) is 0 Å². The summed E-state index contributed by atoms with van der Waals surface area (Å²) in [6.45, 7) is 5.93. The predicted octanol–water partition coefficient (Wildman–Crippen LogP) is 2.76. The maximum atomic E-state index is 5.79. The second-order valence-corrected chi connectivity index (χ2v) is 5.95. The molecule has 5 nitrogen and oxygen atoms in total. The Labute approximate surface area is 121 Å². The van der Waals surface area contributed by atoms with Crippen LogP contribution in [0.1, 0.15) is 17.8 Å². The molecule has 19 heavy (non-hydrogen) atoms. The Kier molecular flexibility index (Phi) is 4.71. The van der Waals surface area contributed by atoms with Gasteiger partial charge in [-0.05, 0) is 44.1 Å². The number of hydrogen-bond donors (Lipinski definition) is 2. The summed E-state index contributed by atoms with van der Waals surface area (Å²) in [5, 5.41) is 8.91. The quantitative estimate of drug-likeness (QED) is 0.634. The van der Waals surface area contributed by atoms with Gasteiger partial charge in [0.15, 0.2) is 5.82 Å².